The number of alkyl halides is 2. The molecule has 0 aliphatic heterocycles. The van der Waals surface area contributed by atoms with Crippen LogP contribution in [0.15, 0.2) is 36.4 Å². The number of aryl methyl sites for hydroxylation is 1. The molecule has 168 valence electrons. The third-order valence-electron chi connectivity index (χ3n) is 4.27. The molecule has 0 radical (unpaired) electrons. The lowest BCUT2D eigenvalue weighted by Gasteiger charge is -2.18. The van der Waals surface area contributed by atoms with Crippen LogP contribution in [0, 0.1) is 12.7 Å². The highest BCUT2D eigenvalue weighted by Gasteiger charge is 2.22. The van der Waals surface area contributed by atoms with Gasteiger partial charge >= 0.3 is 6.09 Å². The molecule has 0 spiro atoms. The first-order chi connectivity index (χ1) is 15.1. The summed E-state index contributed by atoms with van der Waals surface area (Å²) in [7, 11) is 0. The molecule has 0 aliphatic rings. The second-order valence-corrected chi connectivity index (χ2v) is 6.90. The normalized spacial score (nSPS) is 11.9. The zero-order valence-electron chi connectivity index (χ0n) is 17.2. The Morgan fingerprint density at radius 3 is 2.41 bits per heavy atom. The van der Waals surface area contributed by atoms with E-state index in [0.717, 1.165) is 0 Å². The van der Waals surface area contributed by atoms with Crippen molar-refractivity contribution < 1.29 is 27.4 Å². The molecule has 11 heteroatoms. The van der Waals surface area contributed by atoms with E-state index in [4.69, 9.17) is 20.9 Å². The predicted molar refractivity (Wildman–Crippen MR) is 110 cm³/mol. The van der Waals surface area contributed by atoms with Gasteiger partial charge in [-0.3, -0.25) is 4.98 Å². The zero-order valence-corrected chi connectivity index (χ0v) is 17.2. The van der Waals surface area contributed by atoms with E-state index in [-0.39, 0.29) is 29.7 Å². The van der Waals surface area contributed by atoms with E-state index < -0.39 is 30.1 Å². The lowest BCUT2D eigenvalue weighted by molar-refractivity contribution is 0.0811. The van der Waals surface area contributed by atoms with Gasteiger partial charge in [0.1, 0.15) is 24.2 Å². The van der Waals surface area contributed by atoms with Crippen LogP contribution in [0.25, 0.3) is 22.4 Å². The summed E-state index contributed by atoms with van der Waals surface area (Å²) in [5.74, 6) is -0.667. The Labute approximate surface area is 181 Å². The van der Waals surface area contributed by atoms with Gasteiger partial charge in [-0.2, -0.15) is 4.98 Å². The molecule has 8 nitrogen and oxygen atoms in total. The number of pyridine rings is 1. The summed E-state index contributed by atoms with van der Waals surface area (Å²) in [6.45, 7) is 2.96. The number of carbonyl (C=O) groups is 1. The molecule has 0 saturated carbocycles. The van der Waals surface area contributed by atoms with E-state index in [2.05, 4.69) is 15.0 Å². The number of anilines is 1. The van der Waals surface area contributed by atoms with Gasteiger partial charge in [0, 0.05) is 11.3 Å². The molecule has 32 heavy (non-hydrogen) atoms. The molecular weight excluding hydrogens is 427 g/mol. The van der Waals surface area contributed by atoms with Gasteiger partial charge in [-0.1, -0.05) is 0 Å². The van der Waals surface area contributed by atoms with Crippen LogP contribution in [0.4, 0.5) is 23.9 Å². The molecule has 4 N–H and O–H groups in total. The number of nitrogens with two attached hydrogens (primary N) is 2. The summed E-state index contributed by atoms with van der Waals surface area (Å²) in [4.78, 5) is 23.1. The third kappa shape index (κ3) is 5.42. The topological polar surface area (TPSA) is 126 Å². The summed E-state index contributed by atoms with van der Waals surface area (Å²) in [6, 6.07) is 8.13. The van der Waals surface area contributed by atoms with Crippen LogP contribution in [0.5, 0.6) is 5.88 Å². The van der Waals surface area contributed by atoms with Gasteiger partial charge in [-0.05, 0) is 55.8 Å². The van der Waals surface area contributed by atoms with Gasteiger partial charge in [0.25, 0.3) is 6.43 Å². The van der Waals surface area contributed by atoms with Crippen molar-refractivity contribution in [2.45, 2.75) is 26.4 Å². The van der Waals surface area contributed by atoms with Crippen molar-refractivity contribution in [1.29, 1.82) is 0 Å². The predicted octanol–water partition coefficient (Wildman–Crippen LogP) is 4.04. The quantitative estimate of drug-likeness (QED) is 0.560. The Morgan fingerprint density at radius 2 is 1.78 bits per heavy atom. The minimum Gasteiger partial charge on any atom is -0.473 e. The SMILES string of the molecule is Cc1cc(-c2c(OCC(C)OC(N)=O)nc(N)nc2-c2ccc(F)cc2)cc(C(F)F)n1. The lowest BCUT2D eigenvalue weighted by Crippen LogP contribution is -2.25. The van der Waals surface area contributed by atoms with Crippen molar-refractivity contribution in [2.24, 2.45) is 5.73 Å². The number of primary amides is 1. The number of amides is 1. The molecule has 1 amide bonds. The molecule has 2 heterocycles. The van der Waals surface area contributed by atoms with Crippen molar-refractivity contribution >= 4 is 12.0 Å². The Morgan fingerprint density at radius 1 is 1.09 bits per heavy atom. The minimum atomic E-state index is -2.81. The number of carbonyl (C=O) groups excluding carboxylic acids is 1. The highest BCUT2D eigenvalue weighted by molar-refractivity contribution is 5.85. The number of hydrogen-bond donors (Lipinski definition) is 2. The second kappa shape index (κ2) is 9.50. The lowest BCUT2D eigenvalue weighted by atomic mass is 9.99. The van der Waals surface area contributed by atoms with Gasteiger partial charge in [0.05, 0.1) is 11.3 Å². The maximum Gasteiger partial charge on any atom is 0.404 e. The van der Waals surface area contributed by atoms with E-state index in [9.17, 15) is 18.0 Å². The summed E-state index contributed by atoms with van der Waals surface area (Å²) >= 11 is 0. The number of benzene rings is 1. The smallest absolute Gasteiger partial charge is 0.404 e. The molecule has 1 unspecified atom stereocenters. The van der Waals surface area contributed by atoms with E-state index in [1.807, 2.05) is 0 Å². The first-order valence-electron chi connectivity index (χ1n) is 9.43. The maximum atomic E-state index is 13.5. The molecule has 0 bridgehead atoms. The molecule has 1 aromatic carbocycles. The van der Waals surface area contributed by atoms with Crippen LogP contribution in [0.1, 0.15) is 24.7 Å². The molecule has 0 saturated heterocycles. The summed E-state index contributed by atoms with van der Waals surface area (Å²) in [5, 5.41) is 0. The second-order valence-electron chi connectivity index (χ2n) is 6.90. The number of ether oxygens (including phenoxy) is 2. The molecular formula is C21H20F3N5O3. The fourth-order valence-electron chi connectivity index (χ4n) is 3.02. The third-order valence-corrected chi connectivity index (χ3v) is 4.27. The average molecular weight is 447 g/mol. The minimum absolute atomic E-state index is 0.0393. The number of nitrogen functional groups attached to an aromatic ring is 1. The van der Waals surface area contributed by atoms with Crippen LogP contribution in [-0.4, -0.2) is 33.8 Å². The summed E-state index contributed by atoms with van der Waals surface area (Å²) < 4.78 is 50.8. The Bertz CT molecular complexity index is 1130. The molecule has 2 aromatic heterocycles. The number of rotatable bonds is 7. The van der Waals surface area contributed by atoms with Gasteiger partial charge < -0.3 is 20.9 Å². The fourth-order valence-corrected chi connectivity index (χ4v) is 3.02. The van der Waals surface area contributed by atoms with E-state index >= 15 is 0 Å². The maximum absolute atomic E-state index is 13.5. The van der Waals surface area contributed by atoms with Gasteiger partial charge in [0.15, 0.2) is 0 Å². The largest absolute Gasteiger partial charge is 0.473 e. The number of aromatic nitrogens is 3. The molecule has 3 aromatic rings. The van der Waals surface area contributed by atoms with Crippen LogP contribution in [0.3, 0.4) is 0 Å². The van der Waals surface area contributed by atoms with Crippen LogP contribution >= 0.6 is 0 Å². The molecule has 0 fully saturated rings. The number of hydrogen-bond acceptors (Lipinski definition) is 7. The van der Waals surface area contributed by atoms with Gasteiger partial charge in [-0.15, -0.1) is 0 Å². The Balaban J connectivity index is 2.19. The van der Waals surface area contributed by atoms with E-state index in [1.54, 1.807) is 19.9 Å². The van der Waals surface area contributed by atoms with Crippen molar-refractivity contribution in [3.63, 3.8) is 0 Å². The van der Waals surface area contributed by atoms with Crippen LogP contribution in [0.2, 0.25) is 0 Å². The standard InChI is InChI=1S/C21H20F3N5O3/c1-10-7-13(8-15(27-10)18(23)24)16-17(12-3-5-14(22)6-4-12)28-20(25)29-19(16)31-9-11(2)32-21(26)30/h3-8,11,18H,9H2,1-2H3,(H2,26,30)(H2,25,28,29). The number of halogens is 3. The average Bonchev–Trinajstić information content (AvgIpc) is 2.71. The van der Waals surface area contributed by atoms with Crippen molar-refractivity contribution in [2.75, 3.05) is 12.3 Å². The Kier molecular flexibility index (Phi) is 6.76. The fraction of sp³-hybridized carbons (Fsp3) is 0.238. The van der Waals surface area contributed by atoms with Crippen molar-refractivity contribution in [1.82, 2.24) is 15.0 Å². The van der Waals surface area contributed by atoms with Crippen molar-refractivity contribution in [3.05, 3.63) is 53.6 Å². The van der Waals surface area contributed by atoms with Crippen LogP contribution < -0.4 is 16.2 Å². The monoisotopic (exact) mass is 447 g/mol. The first-order valence-corrected chi connectivity index (χ1v) is 9.43. The highest BCUT2D eigenvalue weighted by atomic mass is 19.3. The van der Waals surface area contributed by atoms with Gasteiger partial charge in [-0.25, -0.2) is 22.9 Å². The highest BCUT2D eigenvalue weighted by Crippen LogP contribution is 2.39. The van der Waals surface area contributed by atoms with E-state index in [1.165, 1.54) is 30.3 Å². The molecule has 3 rings (SSSR count). The first kappa shape index (κ1) is 22.8. The zero-order chi connectivity index (χ0) is 23.4. The molecule has 1 atom stereocenters. The Hall–Kier alpha value is -3.89. The summed E-state index contributed by atoms with van der Waals surface area (Å²) in [6.07, 6.45) is -4.53. The number of nitrogens with zero attached hydrogens (tertiary/aromatic N) is 3. The summed E-state index contributed by atoms with van der Waals surface area (Å²) in [5.41, 5.74) is 12.0. The van der Waals surface area contributed by atoms with Crippen LogP contribution in [-0.2, 0) is 4.74 Å². The molecule has 0 aliphatic carbocycles. The van der Waals surface area contributed by atoms with E-state index in [0.29, 0.717) is 16.8 Å². The van der Waals surface area contributed by atoms with Gasteiger partial charge in [0.2, 0.25) is 11.8 Å². The van der Waals surface area contributed by atoms with Crippen molar-refractivity contribution in [3.8, 4) is 28.3 Å².